The van der Waals surface area contributed by atoms with Crippen LogP contribution in [-0.4, -0.2) is 10.9 Å². The molecule has 0 radical (unpaired) electrons. The number of amides is 1. The minimum Gasteiger partial charge on any atom is -0.302 e. The van der Waals surface area contributed by atoms with Gasteiger partial charge < -0.3 is 5.32 Å². The molecule has 3 rings (SSSR count). The third kappa shape index (κ3) is 2.12. The highest BCUT2D eigenvalue weighted by atomic mass is 32.1. The number of benzene rings is 1. The zero-order chi connectivity index (χ0) is 12.7. The van der Waals surface area contributed by atoms with E-state index in [4.69, 9.17) is 0 Å². The van der Waals surface area contributed by atoms with Gasteiger partial charge >= 0.3 is 0 Å². The molecule has 1 aliphatic carbocycles. The minimum atomic E-state index is 0.122. The van der Waals surface area contributed by atoms with Crippen molar-refractivity contribution < 1.29 is 4.79 Å². The Hall–Kier alpha value is -1.42. The predicted molar refractivity (Wildman–Crippen MR) is 74.9 cm³/mol. The number of carbonyl (C=O) groups excluding carboxylic acids is 1. The molecule has 1 aromatic carbocycles. The van der Waals surface area contributed by atoms with E-state index < -0.39 is 0 Å². The van der Waals surface area contributed by atoms with E-state index in [1.807, 2.05) is 6.07 Å². The van der Waals surface area contributed by atoms with E-state index >= 15 is 0 Å². The molecule has 1 fully saturated rings. The summed E-state index contributed by atoms with van der Waals surface area (Å²) in [4.78, 5) is 16.3. The van der Waals surface area contributed by atoms with Crippen LogP contribution in [0.15, 0.2) is 18.2 Å². The second-order valence-electron chi connectivity index (χ2n) is 4.98. The number of carbonyl (C=O) groups is 1. The molecule has 4 heteroatoms. The van der Waals surface area contributed by atoms with Gasteiger partial charge in [0.1, 0.15) is 0 Å². The van der Waals surface area contributed by atoms with Crippen LogP contribution in [0.4, 0.5) is 5.13 Å². The molecule has 18 heavy (non-hydrogen) atoms. The molecule has 94 valence electrons. The summed E-state index contributed by atoms with van der Waals surface area (Å²) in [5, 5.41) is 3.65. The standard InChI is InChI=1S/C14H16N2OS/c1-3-9-4-5-11-12(7-9)18-14(15-11)16-13(17)10-6-8(10)2/h4-5,7-8,10H,3,6H2,1-2H3,(H,15,16,17). The number of hydrogen-bond acceptors (Lipinski definition) is 3. The van der Waals surface area contributed by atoms with Crippen molar-refractivity contribution in [3.63, 3.8) is 0 Å². The fraction of sp³-hybridized carbons (Fsp3) is 0.429. The molecule has 0 bridgehead atoms. The Morgan fingerprint density at radius 3 is 3.00 bits per heavy atom. The highest BCUT2D eigenvalue weighted by Crippen LogP contribution is 2.39. The van der Waals surface area contributed by atoms with Crippen molar-refractivity contribution in [3.05, 3.63) is 23.8 Å². The van der Waals surface area contributed by atoms with E-state index in [0.717, 1.165) is 28.2 Å². The van der Waals surface area contributed by atoms with E-state index in [9.17, 15) is 4.79 Å². The summed E-state index contributed by atoms with van der Waals surface area (Å²) in [6.45, 7) is 4.25. The van der Waals surface area contributed by atoms with Crippen LogP contribution < -0.4 is 5.32 Å². The van der Waals surface area contributed by atoms with Gasteiger partial charge in [0.15, 0.2) is 5.13 Å². The Labute approximate surface area is 110 Å². The van der Waals surface area contributed by atoms with Crippen molar-refractivity contribution in [3.8, 4) is 0 Å². The number of aryl methyl sites for hydroxylation is 1. The smallest absolute Gasteiger partial charge is 0.229 e. The average molecular weight is 260 g/mol. The first-order valence-electron chi connectivity index (χ1n) is 6.37. The van der Waals surface area contributed by atoms with E-state index in [-0.39, 0.29) is 11.8 Å². The summed E-state index contributed by atoms with van der Waals surface area (Å²) < 4.78 is 1.15. The van der Waals surface area contributed by atoms with Gasteiger partial charge in [0.05, 0.1) is 10.2 Å². The number of nitrogens with one attached hydrogen (secondary N) is 1. The highest BCUT2D eigenvalue weighted by molar-refractivity contribution is 7.22. The molecule has 0 spiro atoms. The van der Waals surface area contributed by atoms with Crippen LogP contribution in [0.25, 0.3) is 10.2 Å². The van der Waals surface area contributed by atoms with E-state index in [2.05, 4.69) is 36.3 Å². The Balaban J connectivity index is 1.82. The fourth-order valence-corrected chi connectivity index (χ4v) is 3.06. The van der Waals surface area contributed by atoms with Crippen molar-refractivity contribution in [2.75, 3.05) is 5.32 Å². The summed E-state index contributed by atoms with van der Waals surface area (Å²) in [5.41, 5.74) is 2.27. The quantitative estimate of drug-likeness (QED) is 0.918. The largest absolute Gasteiger partial charge is 0.302 e. The molecular formula is C14H16N2OS. The molecule has 1 amide bonds. The number of thiazole rings is 1. The van der Waals surface area contributed by atoms with Gasteiger partial charge in [0, 0.05) is 5.92 Å². The topological polar surface area (TPSA) is 42.0 Å². The zero-order valence-electron chi connectivity index (χ0n) is 10.6. The molecule has 1 N–H and O–H groups in total. The van der Waals surface area contributed by atoms with Crippen molar-refractivity contribution in [1.82, 2.24) is 4.98 Å². The second kappa shape index (κ2) is 4.35. The van der Waals surface area contributed by atoms with Crippen LogP contribution in [-0.2, 0) is 11.2 Å². The van der Waals surface area contributed by atoms with E-state index in [0.29, 0.717) is 5.92 Å². The number of aromatic nitrogens is 1. The first-order chi connectivity index (χ1) is 8.67. The summed E-state index contributed by atoms with van der Waals surface area (Å²) in [6.07, 6.45) is 2.03. The van der Waals surface area contributed by atoms with Crippen LogP contribution >= 0.6 is 11.3 Å². The van der Waals surface area contributed by atoms with Gasteiger partial charge in [-0.25, -0.2) is 4.98 Å². The molecule has 0 saturated heterocycles. The van der Waals surface area contributed by atoms with Gasteiger partial charge in [-0.15, -0.1) is 0 Å². The molecule has 1 aromatic heterocycles. The van der Waals surface area contributed by atoms with Gasteiger partial charge in [-0.1, -0.05) is 31.3 Å². The third-order valence-corrected chi connectivity index (χ3v) is 4.47. The zero-order valence-corrected chi connectivity index (χ0v) is 11.4. The molecule has 2 unspecified atom stereocenters. The van der Waals surface area contributed by atoms with E-state index in [1.165, 1.54) is 5.56 Å². The summed E-state index contributed by atoms with van der Waals surface area (Å²) in [6, 6.07) is 6.28. The number of anilines is 1. The van der Waals surface area contributed by atoms with Crippen LogP contribution in [0.1, 0.15) is 25.8 Å². The van der Waals surface area contributed by atoms with Crippen LogP contribution in [0.3, 0.4) is 0 Å². The lowest BCUT2D eigenvalue weighted by Gasteiger charge is -1.97. The average Bonchev–Trinajstić information content (AvgIpc) is 2.96. The Morgan fingerprint density at radius 1 is 1.56 bits per heavy atom. The third-order valence-electron chi connectivity index (χ3n) is 3.54. The van der Waals surface area contributed by atoms with Gasteiger partial charge in [-0.3, -0.25) is 4.79 Å². The maximum atomic E-state index is 11.8. The molecule has 1 saturated carbocycles. The second-order valence-corrected chi connectivity index (χ2v) is 6.01. The number of rotatable bonds is 3. The lowest BCUT2D eigenvalue weighted by molar-refractivity contribution is -0.117. The summed E-state index contributed by atoms with van der Waals surface area (Å²) >= 11 is 1.56. The van der Waals surface area contributed by atoms with E-state index in [1.54, 1.807) is 11.3 Å². The van der Waals surface area contributed by atoms with Crippen molar-refractivity contribution >= 4 is 32.6 Å². The molecular weight excluding hydrogens is 244 g/mol. The maximum Gasteiger partial charge on any atom is 0.229 e. The van der Waals surface area contributed by atoms with Gasteiger partial charge in [0.2, 0.25) is 5.91 Å². The molecule has 1 heterocycles. The predicted octanol–water partition coefficient (Wildman–Crippen LogP) is 3.45. The van der Waals surface area contributed by atoms with Crippen LogP contribution in [0.2, 0.25) is 0 Å². The summed E-state index contributed by atoms with van der Waals surface area (Å²) in [5.74, 6) is 0.853. The van der Waals surface area contributed by atoms with Crippen LogP contribution in [0, 0.1) is 11.8 Å². The van der Waals surface area contributed by atoms with Crippen molar-refractivity contribution in [2.45, 2.75) is 26.7 Å². The van der Waals surface area contributed by atoms with Gasteiger partial charge in [-0.2, -0.15) is 0 Å². The van der Waals surface area contributed by atoms with Crippen LogP contribution in [0.5, 0.6) is 0 Å². The molecule has 2 aromatic rings. The SMILES string of the molecule is CCc1ccc2nc(NC(=O)C3CC3C)sc2c1. The maximum absolute atomic E-state index is 11.8. The molecule has 1 aliphatic rings. The number of hydrogen-bond donors (Lipinski definition) is 1. The minimum absolute atomic E-state index is 0.122. The van der Waals surface area contributed by atoms with Gasteiger partial charge in [-0.05, 0) is 36.5 Å². The van der Waals surface area contributed by atoms with Gasteiger partial charge in [0.25, 0.3) is 0 Å². The lowest BCUT2D eigenvalue weighted by atomic mass is 10.2. The first kappa shape index (κ1) is 11.7. The number of fused-ring (bicyclic) bond motifs is 1. The molecule has 0 aliphatic heterocycles. The van der Waals surface area contributed by atoms with Crippen molar-refractivity contribution in [2.24, 2.45) is 11.8 Å². The lowest BCUT2D eigenvalue weighted by Crippen LogP contribution is -2.14. The fourth-order valence-electron chi connectivity index (χ4n) is 2.13. The molecule has 3 nitrogen and oxygen atoms in total. The Kier molecular flexibility index (Phi) is 2.82. The Morgan fingerprint density at radius 2 is 2.33 bits per heavy atom. The first-order valence-corrected chi connectivity index (χ1v) is 7.19. The molecule has 2 atom stereocenters. The van der Waals surface area contributed by atoms with Crippen molar-refractivity contribution in [1.29, 1.82) is 0 Å². The summed E-state index contributed by atoms with van der Waals surface area (Å²) in [7, 11) is 0. The number of nitrogens with zero attached hydrogens (tertiary/aromatic N) is 1. The normalized spacial score (nSPS) is 22.1. The monoisotopic (exact) mass is 260 g/mol. The highest BCUT2D eigenvalue weighted by Gasteiger charge is 2.39. The Bertz CT molecular complexity index is 605.